The lowest BCUT2D eigenvalue weighted by Crippen LogP contribution is -2.11. The van der Waals surface area contributed by atoms with Gasteiger partial charge in [-0.2, -0.15) is 13.2 Å². The fraction of sp³-hybridized carbons (Fsp3) is 0.0714. The summed E-state index contributed by atoms with van der Waals surface area (Å²) in [6, 6.07) is 6.09. The molecule has 0 aromatic heterocycles. The van der Waals surface area contributed by atoms with Crippen molar-refractivity contribution in [1.82, 2.24) is 0 Å². The molecular weight excluding hydrogens is 290 g/mol. The predicted molar refractivity (Wildman–Crippen MR) is 67.0 cm³/mol. The Kier molecular flexibility index (Phi) is 3.59. The molecule has 0 saturated carbocycles. The molecule has 3 nitrogen and oxygen atoms in total. The van der Waals surface area contributed by atoms with E-state index in [1.807, 2.05) is 0 Å². The zero-order valence-corrected chi connectivity index (χ0v) is 10.4. The van der Waals surface area contributed by atoms with Crippen molar-refractivity contribution < 1.29 is 27.5 Å². The Balaban J connectivity index is 2.46. The van der Waals surface area contributed by atoms with Crippen molar-refractivity contribution in [1.29, 1.82) is 0 Å². The third-order valence-corrected chi connectivity index (χ3v) is 2.87. The molecule has 0 atom stereocenters. The summed E-state index contributed by atoms with van der Waals surface area (Å²) >= 11 is 0. The van der Waals surface area contributed by atoms with E-state index in [1.54, 1.807) is 0 Å². The van der Waals surface area contributed by atoms with Gasteiger partial charge in [-0.25, -0.2) is 4.39 Å². The Labute approximate surface area is 116 Å². The average Bonchev–Trinajstić information content (AvgIpc) is 2.36. The summed E-state index contributed by atoms with van der Waals surface area (Å²) in [5, 5.41) is 9.60. The van der Waals surface area contributed by atoms with Crippen LogP contribution in [0.15, 0.2) is 36.4 Å². The van der Waals surface area contributed by atoms with Crippen LogP contribution in [0.25, 0.3) is 11.1 Å². The Morgan fingerprint density at radius 3 is 2.10 bits per heavy atom. The maximum Gasteiger partial charge on any atom is 0.419 e. The Morgan fingerprint density at radius 2 is 1.62 bits per heavy atom. The summed E-state index contributed by atoms with van der Waals surface area (Å²) in [7, 11) is 0. The number of rotatable bonds is 2. The smallest absolute Gasteiger partial charge is 0.419 e. The number of nitrogens with two attached hydrogens (primary N) is 1. The summed E-state index contributed by atoms with van der Waals surface area (Å²) in [6.07, 6.45) is -4.78. The van der Waals surface area contributed by atoms with E-state index in [0.717, 1.165) is 12.1 Å². The van der Waals surface area contributed by atoms with Gasteiger partial charge in [0.05, 0.1) is 11.1 Å². The van der Waals surface area contributed by atoms with Crippen LogP contribution < -0.4 is 5.73 Å². The molecule has 0 aliphatic heterocycles. The van der Waals surface area contributed by atoms with Gasteiger partial charge in [0.25, 0.3) is 5.91 Å². The lowest BCUT2D eigenvalue weighted by molar-refractivity contribution is -0.139. The van der Waals surface area contributed by atoms with Crippen molar-refractivity contribution in [3.63, 3.8) is 0 Å². The first-order chi connectivity index (χ1) is 9.70. The zero-order valence-electron chi connectivity index (χ0n) is 10.4. The first-order valence-electron chi connectivity index (χ1n) is 5.70. The number of phenols is 1. The second-order valence-electron chi connectivity index (χ2n) is 4.29. The summed E-state index contributed by atoms with van der Waals surface area (Å²) in [5.41, 5.74) is 3.89. The van der Waals surface area contributed by atoms with E-state index in [2.05, 4.69) is 0 Å². The van der Waals surface area contributed by atoms with Crippen LogP contribution >= 0.6 is 0 Å². The van der Waals surface area contributed by atoms with Crippen LogP contribution in [-0.4, -0.2) is 11.0 Å². The summed E-state index contributed by atoms with van der Waals surface area (Å²) in [6.45, 7) is 0. The molecule has 2 aromatic carbocycles. The highest BCUT2D eigenvalue weighted by atomic mass is 19.4. The third kappa shape index (κ3) is 2.96. The molecular formula is C14H9F4NO2. The lowest BCUT2D eigenvalue weighted by atomic mass is 10.0. The van der Waals surface area contributed by atoms with Crippen LogP contribution in [0.3, 0.4) is 0 Å². The van der Waals surface area contributed by atoms with Crippen molar-refractivity contribution >= 4 is 5.91 Å². The van der Waals surface area contributed by atoms with Crippen molar-refractivity contribution in [3.8, 4) is 16.9 Å². The minimum absolute atomic E-state index is 0.131. The quantitative estimate of drug-likeness (QED) is 0.836. The van der Waals surface area contributed by atoms with Gasteiger partial charge in [0.1, 0.15) is 11.6 Å². The second kappa shape index (κ2) is 5.08. The van der Waals surface area contributed by atoms with Crippen LogP contribution in [0.4, 0.5) is 17.6 Å². The molecule has 0 spiro atoms. The standard InChI is InChI=1S/C14H9F4NO2/c15-11-5-7(2-4-10(11)14(16,17)18)8-1-3-9(13(19)21)12(20)6-8/h1-6,20H,(H2,19,21). The molecule has 7 heteroatoms. The molecule has 0 unspecified atom stereocenters. The van der Waals surface area contributed by atoms with Gasteiger partial charge in [0, 0.05) is 0 Å². The molecule has 0 fully saturated rings. The highest BCUT2D eigenvalue weighted by Crippen LogP contribution is 2.34. The summed E-state index contributed by atoms with van der Waals surface area (Å²) < 4.78 is 50.9. The molecule has 0 radical (unpaired) electrons. The molecule has 0 heterocycles. The van der Waals surface area contributed by atoms with E-state index in [9.17, 15) is 27.5 Å². The van der Waals surface area contributed by atoms with Gasteiger partial charge in [-0.1, -0.05) is 12.1 Å². The fourth-order valence-electron chi connectivity index (χ4n) is 1.84. The van der Waals surface area contributed by atoms with E-state index in [1.165, 1.54) is 12.1 Å². The van der Waals surface area contributed by atoms with E-state index in [-0.39, 0.29) is 16.7 Å². The molecule has 0 saturated heterocycles. The third-order valence-electron chi connectivity index (χ3n) is 2.87. The van der Waals surface area contributed by atoms with Crippen molar-refractivity contribution in [2.24, 2.45) is 5.73 Å². The van der Waals surface area contributed by atoms with Gasteiger partial charge >= 0.3 is 6.18 Å². The number of halogens is 4. The largest absolute Gasteiger partial charge is 0.507 e. The van der Waals surface area contributed by atoms with E-state index in [0.29, 0.717) is 12.1 Å². The molecule has 2 rings (SSSR count). The lowest BCUT2D eigenvalue weighted by Gasteiger charge is -2.10. The molecule has 3 N–H and O–H groups in total. The second-order valence-corrected chi connectivity index (χ2v) is 4.29. The van der Waals surface area contributed by atoms with Crippen LogP contribution in [0.2, 0.25) is 0 Å². The Hall–Kier alpha value is -2.57. The van der Waals surface area contributed by atoms with Crippen LogP contribution in [0.1, 0.15) is 15.9 Å². The summed E-state index contributed by atoms with van der Waals surface area (Å²) in [4.78, 5) is 11.0. The number of primary amides is 1. The summed E-state index contributed by atoms with van der Waals surface area (Å²) in [5.74, 6) is -2.70. The number of amides is 1. The van der Waals surface area contributed by atoms with Crippen LogP contribution in [0, 0.1) is 5.82 Å². The number of hydrogen-bond donors (Lipinski definition) is 2. The van der Waals surface area contributed by atoms with E-state index in [4.69, 9.17) is 5.73 Å². The number of hydrogen-bond acceptors (Lipinski definition) is 2. The first kappa shape index (κ1) is 14.8. The van der Waals surface area contributed by atoms with E-state index < -0.39 is 29.2 Å². The van der Waals surface area contributed by atoms with Gasteiger partial charge in [0.2, 0.25) is 0 Å². The van der Waals surface area contributed by atoms with Gasteiger partial charge in [0.15, 0.2) is 0 Å². The molecule has 0 aliphatic carbocycles. The molecule has 1 amide bonds. The van der Waals surface area contributed by atoms with Gasteiger partial charge in [-0.05, 0) is 35.4 Å². The van der Waals surface area contributed by atoms with Gasteiger partial charge in [-0.3, -0.25) is 4.79 Å². The number of benzene rings is 2. The first-order valence-corrected chi connectivity index (χ1v) is 5.70. The maximum atomic E-state index is 13.5. The molecule has 110 valence electrons. The highest BCUT2D eigenvalue weighted by Gasteiger charge is 2.33. The number of aromatic hydroxyl groups is 1. The van der Waals surface area contributed by atoms with Crippen molar-refractivity contribution in [2.45, 2.75) is 6.18 Å². The SMILES string of the molecule is NC(=O)c1ccc(-c2ccc(C(F)(F)F)c(F)c2)cc1O. The van der Waals surface area contributed by atoms with Crippen LogP contribution in [-0.2, 0) is 6.18 Å². The number of alkyl halides is 3. The highest BCUT2D eigenvalue weighted by molar-refractivity contribution is 5.96. The van der Waals surface area contributed by atoms with Crippen molar-refractivity contribution in [3.05, 3.63) is 53.3 Å². The minimum atomic E-state index is -4.78. The zero-order chi connectivity index (χ0) is 15.8. The molecule has 2 aromatic rings. The van der Waals surface area contributed by atoms with Gasteiger partial charge < -0.3 is 10.8 Å². The molecule has 0 aliphatic rings. The normalized spacial score (nSPS) is 11.4. The predicted octanol–water partition coefficient (Wildman–Crippen LogP) is 3.32. The molecule has 21 heavy (non-hydrogen) atoms. The Bertz CT molecular complexity index is 711. The molecule has 0 bridgehead atoms. The van der Waals surface area contributed by atoms with E-state index >= 15 is 0 Å². The van der Waals surface area contributed by atoms with Crippen molar-refractivity contribution in [2.75, 3.05) is 0 Å². The average molecular weight is 299 g/mol. The minimum Gasteiger partial charge on any atom is -0.507 e. The topological polar surface area (TPSA) is 63.3 Å². The monoisotopic (exact) mass is 299 g/mol. The maximum absolute atomic E-state index is 13.5. The number of carbonyl (C=O) groups is 1. The fourth-order valence-corrected chi connectivity index (χ4v) is 1.84. The van der Waals surface area contributed by atoms with Crippen LogP contribution in [0.5, 0.6) is 5.75 Å². The Morgan fingerprint density at radius 1 is 1.05 bits per heavy atom. The van der Waals surface area contributed by atoms with Gasteiger partial charge in [-0.15, -0.1) is 0 Å². The number of carbonyl (C=O) groups excluding carboxylic acids is 1.